The van der Waals surface area contributed by atoms with Gasteiger partial charge in [0.25, 0.3) is 0 Å². The third-order valence-electron chi connectivity index (χ3n) is 4.00. The van der Waals surface area contributed by atoms with E-state index in [2.05, 4.69) is 15.1 Å². The van der Waals surface area contributed by atoms with Gasteiger partial charge in [0, 0.05) is 6.20 Å². The molecule has 0 N–H and O–H groups in total. The van der Waals surface area contributed by atoms with E-state index in [4.69, 9.17) is 11.6 Å². The van der Waals surface area contributed by atoms with Crippen molar-refractivity contribution in [2.45, 2.75) is 24.7 Å². The molecule has 1 saturated carbocycles. The van der Waals surface area contributed by atoms with Gasteiger partial charge < -0.3 is 0 Å². The molecule has 0 saturated heterocycles. The molecule has 0 amide bonds. The van der Waals surface area contributed by atoms with E-state index in [1.54, 1.807) is 0 Å². The van der Waals surface area contributed by atoms with E-state index in [9.17, 15) is 22.4 Å². The largest absolute Gasteiger partial charge is 0.417 e. The van der Waals surface area contributed by atoms with Crippen LogP contribution < -0.4 is 0 Å². The summed E-state index contributed by atoms with van der Waals surface area (Å²) in [6.45, 7) is 0. The fourth-order valence-electron chi connectivity index (χ4n) is 2.46. The highest BCUT2D eigenvalue weighted by Gasteiger charge is 2.50. The summed E-state index contributed by atoms with van der Waals surface area (Å²) in [6.07, 6.45) is -1.16. The van der Waals surface area contributed by atoms with Crippen LogP contribution in [-0.2, 0) is 6.18 Å². The number of ketones is 1. The number of halogens is 5. The minimum absolute atomic E-state index is 0.000540. The van der Waals surface area contributed by atoms with E-state index in [0.29, 0.717) is 12.3 Å². The molecule has 1 radical (unpaired) electrons. The zero-order valence-corrected chi connectivity index (χ0v) is 13.1. The molecule has 2 aliphatic rings. The molecule has 3 heterocycles. The van der Waals surface area contributed by atoms with E-state index >= 15 is 0 Å². The number of hydrogen-bond donors (Lipinski definition) is 0. The Morgan fingerprint density at radius 2 is 1.96 bits per heavy atom. The zero-order chi connectivity index (χ0) is 18.0. The van der Waals surface area contributed by atoms with Gasteiger partial charge in [-0.3, -0.25) is 4.79 Å². The molecule has 1 aliphatic carbocycles. The lowest BCUT2D eigenvalue weighted by Gasteiger charge is -2.15. The Morgan fingerprint density at radius 1 is 1.24 bits per heavy atom. The number of fused-ring (bicyclic) bond motifs is 1. The standard InChI is InChI=1S/C15H8ClF4N4O/c16-9-3-7(15(18,19)20)5-21-13(9)24-12-8(6-22-24)10(25)4-11(23-12)14(17)1-2-14/h3-6H,1-2H2. The van der Waals surface area contributed by atoms with Crippen LogP contribution in [0, 0.1) is 6.42 Å². The number of alkyl halides is 4. The van der Waals surface area contributed by atoms with Gasteiger partial charge in [-0.25, -0.2) is 14.4 Å². The lowest BCUT2D eigenvalue weighted by atomic mass is 10.0. The second-order valence-electron chi connectivity index (χ2n) is 5.79. The zero-order valence-electron chi connectivity index (χ0n) is 12.3. The first-order valence-electron chi connectivity index (χ1n) is 7.17. The summed E-state index contributed by atoms with van der Waals surface area (Å²) in [7, 11) is 0. The van der Waals surface area contributed by atoms with E-state index in [0.717, 1.165) is 11.1 Å². The molecule has 5 nitrogen and oxygen atoms in total. The highest BCUT2D eigenvalue weighted by atomic mass is 35.5. The number of Topliss-reactive ketones (excluding diaryl/α,β-unsaturated/α-hetero) is 1. The Bertz CT molecular complexity index is 930. The molecule has 129 valence electrons. The van der Waals surface area contributed by atoms with Crippen LogP contribution in [0.15, 0.2) is 23.5 Å². The van der Waals surface area contributed by atoms with Crippen molar-refractivity contribution in [3.8, 4) is 5.82 Å². The van der Waals surface area contributed by atoms with Gasteiger partial charge in [0.05, 0.1) is 34.5 Å². The summed E-state index contributed by atoms with van der Waals surface area (Å²) in [6, 6.07) is 0.705. The summed E-state index contributed by atoms with van der Waals surface area (Å²) < 4.78 is 53.5. The number of aromatic nitrogens is 3. The normalized spacial score (nSPS) is 18.8. The van der Waals surface area contributed by atoms with Crippen molar-refractivity contribution in [3.05, 3.63) is 41.0 Å². The van der Waals surface area contributed by atoms with E-state index in [1.165, 1.54) is 6.20 Å². The number of carbonyl (C=O) groups is 1. The van der Waals surface area contributed by atoms with Crippen molar-refractivity contribution in [1.82, 2.24) is 14.8 Å². The SMILES string of the molecule is O=C1[CH]C(C2(F)CC2)=Nc2c1cnn2-c1ncc(C(F)(F)F)cc1Cl. The van der Waals surface area contributed by atoms with Crippen LogP contribution in [0.3, 0.4) is 0 Å². The van der Waals surface area contributed by atoms with Crippen LogP contribution in [0.2, 0.25) is 5.02 Å². The summed E-state index contributed by atoms with van der Waals surface area (Å²) in [5, 5.41) is 3.61. The molecule has 0 spiro atoms. The molecule has 25 heavy (non-hydrogen) atoms. The number of rotatable bonds is 2. The summed E-state index contributed by atoms with van der Waals surface area (Å²) in [5.74, 6) is -0.601. The highest BCUT2D eigenvalue weighted by molar-refractivity contribution is 6.32. The molecule has 1 fully saturated rings. The maximum Gasteiger partial charge on any atom is 0.417 e. The van der Waals surface area contributed by atoms with Gasteiger partial charge in [0.15, 0.2) is 17.4 Å². The average molecular weight is 372 g/mol. The Hall–Kier alpha value is -2.29. The van der Waals surface area contributed by atoms with Gasteiger partial charge >= 0.3 is 6.18 Å². The van der Waals surface area contributed by atoms with Crippen LogP contribution in [-0.4, -0.2) is 31.9 Å². The minimum Gasteiger partial charge on any atom is -0.293 e. The Labute approximate surface area is 143 Å². The van der Waals surface area contributed by atoms with E-state index < -0.39 is 23.2 Å². The third-order valence-corrected chi connectivity index (χ3v) is 4.28. The Balaban J connectivity index is 1.82. The fraction of sp³-hybridized carbons (Fsp3) is 0.267. The number of pyridine rings is 1. The Morgan fingerprint density at radius 3 is 2.56 bits per heavy atom. The number of hydrogen-bond acceptors (Lipinski definition) is 4. The molecule has 2 aromatic heterocycles. The molecule has 0 bridgehead atoms. The van der Waals surface area contributed by atoms with Crippen molar-refractivity contribution in [2.24, 2.45) is 4.99 Å². The van der Waals surface area contributed by atoms with Gasteiger partial charge in [-0.2, -0.15) is 23.0 Å². The molecule has 10 heteroatoms. The van der Waals surface area contributed by atoms with Crippen molar-refractivity contribution in [1.29, 1.82) is 0 Å². The molecule has 0 aromatic carbocycles. The van der Waals surface area contributed by atoms with Gasteiger partial charge in [0.1, 0.15) is 5.67 Å². The quantitative estimate of drug-likeness (QED) is 0.752. The average Bonchev–Trinajstić information content (AvgIpc) is 3.14. The molecular formula is C15H8ClF4N4O. The second-order valence-corrected chi connectivity index (χ2v) is 6.20. The maximum absolute atomic E-state index is 14.2. The second kappa shape index (κ2) is 5.10. The Kier molecular flexibility index (Phi) is 3.31. The summed E-state index contributed by atoms with van der Waals surface area (Å²) in [5.41, 5.74) is -2.57. The number of carbonyl (C=O) groups excluding carboxylic acids is 1. The van der Waals surface area contributed by atoms with Gasteiger partial charge in [-0.15, -0.1) is 0 Å². The summed E-state index contributed by atoms with van der Waals surface area (Å²) >= 11 is 5.91. The predicted octanol–water partition coefficient (Wildman–Crippen LogP) is 3.91. The molecular weight excluding hydrogens is 364 g/mol. The highest BCUT2D eigenvalue weighted by Crippen LogP contribution is 2.45. The smallest absolute Gasteiger partial charge is 0.293 e. The number of nitrogens with zero attached hydrogens (tertiary/aromatic N) is 4. The van der Waals surface area contributed by atoms with E-state index in [-0.39, 0.29) is 40.8 Å². The molecule has 0 atom stereocenters. The molecule has 1 aliphatic heterocycles. The van der Waals surface area contributed by atoms with Crippen molar-refractivity contribution in [3.63, 3.8) is 0 Å². The minimum atomic E-state index is -4.60. The van der Waals surface area contributed by atoms with Crippen molar-refractivity contribution < 1.29 is 22.4 Å². The lowest BCUT2D eigenvalue weighted by molar-refractivity contribution is -0.137. The first-order valence-corrected chi connectivity index (χ1v) is 7.55. The first-order chi connectivity index (χ1) is 11.7. The molecule has 2 aromatic rings. The fourth-order valence-corrected chi connectivity index (χ4v) is 2.71. The van der Waals surface area contributed by atoms with Crippen LogP contribution in [0.5, 0.6) is 0 Å². The number of aliphatic imine (C=N–C) groups is 1. The van der Waals surface area contributed by atoms with Gasteiger partial charge in [0.2, 0.25) is 0 Å². The molecule has 0 unspecified atom stereocenters. The van der Waals surface area contributed by atoms with Crippen LogP contribution in [0.4, 0.5) is 23.4 Å². The van der Waals surface area contributed by atoms with Crippen LogP contribution >= 0.6 is 11.6 Å². The van der Waals surface area contributed by atoms with Crippen LogP contribution in [0.1, 0.15) is 28.8 Å². The monoisotopic (exact) mass is 371 g/mol. The van der Waals surface area contributed by atoms with Crippen molar-refractivity contribution in [2.75, 3.05) is 0 Å². The third kappa shape index (κ3) is 2.62. The van der Waals surface area contributed by atoms with E-state index in [1.807, 2.05) is 0 Å². The lowest BCUT2D eigenvalue weighted by Crippen LogP contribution is -2.24. The van der Waals surface area contributed by atoms with Gasteiger partial charge in [-0.05, 0) is 18.9 Å². The first kappa shape index (κ1) is 16.2. The predicted molar refractivity (Wildman–Crippen MR) is 80.2 cm³/mol. The van der Waals surface area contributed by atoms with Crippen LogP contribution in [0.25, 0.3) is 5.82 Å². The maximum atomic E-state index is 14.2. The topological polar surface area (TPSA) is 60.1 Å². The molecule has 4 rings (SSSR count). The summed E-state index contributed by atoms with van der Waals surface area (Å²) in [4.78, 5) is 19.9. The van der Waals surface area contributed by atoms with Crippen molar-refractivity contribution >= 4 is 28.9 Å². The van der Waals surface area contributed by atoms with Gasteiger partial charge in [-0.1, -0.05) is 11.6 Å².